The van der Waals surface area contributed by atoms with Crippen molar-refractivity contribution in [2.75, 3.05) is 24.2 Å². The number of nitrogens with zero attached hydrogens (tertiary/aromatic N) is 1. The van der Waals surface area contributed by atoms with E-state index in [1.807, 2.05) is 38.1 Å². The van der Waals surface area contributed by atoms with Gasteiger partial charge in [0.2, 0.25) is 10.0 Å². The number of benzene rings is 2. The van der Waals surface area contributed by atoms with Crippen molar-refractivity contribution in [1.82, 2.24) is 5.32 Å². The molecule has 0 aromatic heterocycles. The number of carbonyl (C=O) groups excluding carboxylic acids is 1. The fourth-order valence-corrected chi connectivity index (χ4v) is 3.14. The molecule has 0 radical (unpaired) electrons. The van der Waals surface area contributed by atoms with Gasteiger partial charge in [-0.15, -0.1) is 0 Å². The highest BCUT2D eigenvalue weighted by atomic mass is 32.2. The van der Waals surface area contributed by atoms with E-state index in [-0.39, 0.29) is 11.9 Å². The monoisotopic (exact) mass is 390 g/mol. The lowest BCUT2D eigenvalue weighted by atomic mass is 10.1. The first kappa shape index (κ1) is 20.8. The van der Waals surface area contributed by atoms with Crippen LogP contribution in [0.2, 0.25) is 0 Å². The third-order valence-electron chi connectivity index (χ3n) is 4.29. The first-order valence-electron chi connectivity index (χ1n) is 8.63. The lowest BCUT2D eigenvalue weighted by molar-refractivity contribution is 0.0926. The quantitative estimate of drug-likeness (QED) is 0.789. The molecule has 2 aromatic carbocycles. The Morgan fingerprint density at radius 2 is 1.78 bits per heavy atom. The average molecular weight is 391 g/mol. The van der Waals surface area contributed by atoms with Gasteiger partial charge in [0, 0.05) is 12.6 Å². The summed E-state index contributed by atoms with van der Waals surface area (Å²) in [6, 6.07) is 12.5. The summed E-state index contributed by atoms with van der Waals surface area (Å²) in [5.41, 5.74) is 2.67. The number of aryl methyl sites for hydroxylation is 1. The normalized spacial score (nSPS) is 12.3. The third kappa shape index (κ3) is 5.47. The Morgan fingerprint density at radius 3 is 2.37 bits per heavy atom. The van der Waals surface area contributed by atoms with Gasteiger partial charge < -0.3 is 10.1 Å². The molecule has 0 aliphatic rings. The van der Waals surface area contributed by atoms with Gasteiger partial charge in [0.05, 0.1) is 18.0 Å². The number of ether oxygens (including phenoxy) is 1. The van der Waals surface area contributed by atoms with Crippen LogP contribution in [-0.4, -0.2) is 40.3 Å². The van der Waals surface area contributed by atoms with Crippen molar-refractivity contribution in [3.8, 4) is 5.75 Å². The number of hydrogen-bond acceptors (Lipinski definition) is 4. The van der Waals surface area contributed by atoms with Crippen molar-refractivity contribution in [2.45, 2.75) is 26.8 Å². The molecule has 1 unspecified atom stereocenters. The van der Waals surface area contributed by atoms with Crippen LogP contribution in [0.3, 0.4) is 0 Å². The summed E-state index contributed by atoms with van der Waals surface area (Å²) >= 11 is 0. The maximum absolute atomic E-state index is 12.6. The Balaban J connectivity index is 2.05. The number of hydrogen-bond donors (Lipinski definition) is 1. The van der Waals surface area contributed by atoms with Crippen LogP contribution in [0.15, 0.2) is 42.5 Å². The fraction of sp³-hybridized carbons (Fsp3) is 0.350. The SMILES string of the molecule is Cc1ccc(OCC(C)NC(=O)c2cccc(N(C)S(C)(=O)=O)c2C)cc1. The summed E-state index contributed by atoms with van der Waals surface area (Å²) in [6.07, 6.45) is 1.13. The zero-order valence-electron chi connectivity index (χ0n) is 16.3. The number of rotatable bonds is 7. The van der Waals surface area contributed by atoms with Crippen LogP contribution in [0.5, 0.6) is 5.75 Å². The molecule has 1 amide bonds. The molecule has 7 heteroatoms. The van der Waals surface area contributed by atoms with Gasteiger partial charge in [-0.2, -0.15) is 0 Å². The van der Waals surface area contributed by atoms with Gasteiger partial charge in [-0.05, 0) is 50.6 Å². The van der Waals surface area contributed by atoms with E-state index in [0.717, 1.165) is 17.6 Å². The van der Waals surface area contributed by atoms with Crippen molar-refractivity contribution in [1.29, 1.82) is 0 Å². The summed E-state index contributed by atoms with van der Waals surface area (Å²) in [7, 11) is -1.94. The molecular formula is C20H26N2O4S. The van der Waals surface area contributed by atoms with Crippen LogP contribution < -0.4 is 14.4 Å². The summed E-state index contributed by atoms with van der Waals surface area (Å²) < 4.78 is 30.4. The van der Waals surface area contributed by atoms with Gasteiger partial charge in [0.15, 0.2) is 0 Å². The zero-order chi connectivity index (χ0) is 20.2. The van der Waals surface area contributed by atoms with Crippen LogP contribution in [0.1, 0.15) is 28.4 Å². The van der Waals surface area contributed by atoms with E-state index < -0.39 is 10.0 Å². The van der Waals surface area contributed by atoms with Crippen molar-refractivity contribution in [3.63, 3.8) is 0 Å². The van der Waals surface area contributed by atoms with Crippen LogP contribution in [0.25, 0.3) is 0 Å². The van der Waals surface area contributed by atoms with E-state index in [1.54, 1.807) is 25.1 Å². The minimum Gasteiger partial charge on any atom is -0.491 e. The second-order valence-electron chi connectivity index (χ2n) is 6.68. The predicted molar refractivity (Wildman–Crippen MR) is 108 cm³/mol. The standard InChI is InChI=1S/C20H26N2O4S/c1-14-9-11-17(12-10-14)26-13-15(2)21-20(23)18-7-6-8-19(16(18)3)22(4)27(5,24)25/h6-12,15H,13H2,1-5H3,(H,21,23). The second-order valence-corrected chi connectivity index (χ2v) is 8.69. The molecule has 0 fully saturated rings. The fourth-order valence-electron chi connectivity index (χ4n) is 2.59. The van der Waals surface area contributed by atoms with E-state index in [9.17, 15) is 13.2 Å². The molecule has 0 bridgehead atoms. The highest BCUT2D eigenvalue weighted by Gasteiger charge is 2.19. The first-order chi connectivity index (χ1) is 12.6. The van der Waals surface area contributed by atoms with Gasteiger partial charge in [0.25, 0.3) is 5.91 Å². The van der Waals surface area contributed by atoms with Crippen LogP contribution >= 0.6 is 0 Å². The largest absolute Gasteiger partial charge is 0.491 e. The van der Waals surface area contributed by atoms with Gasteiger partial charge in [-0.25, -0.2) is 8.42 Å². The number of amides is 1. The van der Waals surface area contributed by atoms with E-state index >= 15 is 0 Å². The Labute approximate surface area is 161 Å². The van der Waals surface area contributed by atoms with E-state index in [4.69, 9.17) is 4.74 Å². The van der Waals surface area contributed by atoms with Gasteiger partial charge in [-0.1, -0.05) is 23.8 Å². The minimum absolute atomic E-state index is 0.213. The molecule has 0 aliphatic heterocycles. The Bertz CT molecular complexity index is 908. The number of anilines is 1. The van der Waals surface area contributed by atoms with E-state index in [0.29, 0.717) is 23.4 Å². The molecular weight excluding hydrogens is 364 g/mol. The minimum atomic E-state index is -3.40. The molecule has 2 aromatic rings. The smallest absolute Gasteiger partial charge is 0.251 e. The first-order valence-corrected chi connectivity index (χ1v) is 10.5. The van der Waals surface area contributed by atoms with Gasteiger partial charge >= 0.3 is 0 Å². The number of carbonyl (C=O) groups is 1. The molecule has 1 atom stereocenters. The van der Waals surface area contributed by atoms with Crippen LogP contribution in [-0.2, 0) is 10.0 Å². The summed E-state index contributed by atoms with van der Waals surface area (Å²) in [5.74, 6) is 0.478. The van der Waals surface area contributed by atoms with Crippen LogP contribution in [0.4, 0.5) is 5.69 Å². The van der Waals surface area contributed by atoms with E-state index in [2.05, 4.69) is 5.32 Å². The molecule has 1 N–H and O–H groups in total. The molecule has 0 heterocycles. The molecule has 0 saturated carbocycles. The third-order valence-corrected chi connectivity index (χ3v) is 5.48. The molecule has 0 saturated heterocycles. The molecule has 2 rings (SSSR count). The molecule has 0 spiro atoms. The molecule has 146 valence electrons. The molecule has 6 nitrogen and oxygen atoms in total. The lowest BCUT2D eigenvalue weighted by Gasteiger charge is -2.21. The van der Waals surface area contributed by atoms with Crippen molar-refractivity contribution < 1.29 is 17.9 Å². The number of nitrogens with one attached hydrogen (secondary N) is 1. The highest BCUT2D eigenvalue weighted by Crippen LogP contribution is 2.24. The van der Waals surface area contributed by atoms with Gasteiger partial charge in [-0.3, -0.25) is 9.10 Å². The topological polar surface area (TPSA) is 75.7 Å². The second kappa shape index (κ2) is 8.43. The highest BCUT2D eigenvalue weighted by molar-refractivity contribution is 7.92. The average Bonchev–Trinajstić information content (AvgIpc) is 2.60. The van der Waals surface area contributed by atoms with Crippen molar-refractivity contribution in [3.05, 3.63) is 59.2 Å². The predicted octanol–water partition coefficient (Wildman–Crippen LogP) is 2.90. The summed E-state index contributed by atoms with van der Waals surface area (Å²) in [6.45, 7) is 5.92. The van der Waals surface area contributed by atoms with E-state index in [1.165, 1.54) is 11.4 Å². The van der Waals surface area contributed by atoms with Crippen molar-refractivity contribution >= 4 is 21.6 Å². The van der Waals surface area contributed by atoms with Crippen LogP contribution in [0, 0.1) is 13.8 Å². The maximum Gasteiger partial charge on any atom is 0.251 e. The lowest BCUT2D eigenvalue weighted by Crippen LogP contribution is -2.37. The summed E-state index contributed by atoms with van der Waals surface area (Å²) in [5, 5.41) is 2.89. The summed E-state index contributed by atoms with van der Waals surface area (Å²) in [4.78, 5) is 12.6. The molecule has 27 heavy (non-hydrogen) atoms. The Kier molecular flexibility index (Phi) is 6.49. The Morgan fingerprint density at radius 1 is 1.15 bits per heavy atom. The van der Waals surface area contributed by atoms with Crippen molar-refractivity contribution in [2.24, 2.45) is 0 Å². The molecule has 0 aliphatic carbocycles. The number of sulfonamides is 1. The zero-order valence-corrected chi connectivity index (χ0v) is 17.1. The maximum atomic E-state index is 12.6. The van der Waals surface area contributed by atoms with Gasteiger partial charge in [0.1, 0.15) is 12.4 Å². The Hall–Kier alpha value is -2.54.